The van der Waals surface area contributed by atoms with Gasteiger partial charge >= 0.3 is 17.9 Å². The topological polar surface area (TPSA) is 110 Å². The van der Waals surface area contributed by atoms with Crippen LogP contribution in [-0.2, 0) is 23.9 Å². The summed E-state index contributed by atoms with van der Waals surface area (Å²) in [5.41, 5.74) is 0.827. The molecule has 0 spiro atoms. The molecule has 7 heteroatoms. The molecule has 1 aliphatic heterocycles. The Bertz CT molecular complexity index is 701. The van der Waals surface area contributed by atoms with E-state index in [0.717, 1.165) is 5.56 Å². The van der Waals surface area contributed by atoms with Crippen molar-refractivity contribution in [2.75, 3.05) is 7.05 Å². The van der Waals surface area contributed by atoms with Crippen LogP contribution in [-0.4, -0.2) is 36.0 Å². The van der Waals surface area contributed by atoms with Crippen LogP contribution in [0.15, 0.2) is 30.3 Å². The quantitative estimate of drug-likeness (QED) is 0.564. The third-order valence-electron chi connectivity index (χ3n) is 5.10. The maximum absolute atomic E-state index is 12.4. The maximum Gasteiger partial charge on any atom is 0.318 e. The number of cyclic esters (lactones) is 2. The molecule has 1 saturated heterocycles. The lowest BCUT2D eigenvalue weighted by atomic mass is 9.69. The number of carbonyl (C=O) groups is 4. The SMILES string of the molecule is CCC(c1ccccc1)C1C(=O)OC(=O)C1C(C(=O)O)C(C)C(=O)NC. The summed E-state index contributed by atoms with van der Waals surface area (Å²) in [5, 5.41) is 12.1. The van der Waals surface area contributed by atoms with Gasteiger partial charge < -0.3 is 15.2 Å². The van der Waals surface area contributed by atoms with E-state index >= 15 is 0 Å². The van der Waals surface area contributed by atoms with E-state index in [2.05, 4.69) is 5.32 Å². The van der Waals surface area contributed by atoms with Crippen LogP contribution in [0.4, 0.5) is 0 Å². The summed E-state index contributed by atoms with van der Waals surface area (Å²) in [7, 11) is 1.40. The second kappa shape index (κ2) is 8.12. The van der Waals surface area contributed by atoms with E-state index in [1.165, 1.54) is 14.0 Å². The first kappa shape index (κ1) is 19.6. The number of hydrogen-bond donors (Lipinski definition) is 2. The predicted octanol–water partition coefficient (Wildman–Crippen LogP) is 1.58. The van der Waals surface area contributed by atoms with E-state index in [1.807, 2.05) is 37.3 Å². The Hall–Kier alpha value is -2.70. The highest BCUT2D eigenvalue weighted by Gasteiger charge is 2.55. The van der Waals surface area contributed by atoms with Gasteiger partial charge in [-0.1, -0.05) is 44.2 Å². The monoisotopic (exact) mass is 361 g/mol. The number of rotatable bonds is 7. The molecule has 1 fully saturated rings. The van der Waals surface area contributed by atoms with Crippen molar-refractivity contribution in [1.82, 2.24) is 5.32 Å². The first-order chi connectivity index (χ1) is 12.3. The molecule has 5 atom stereocenters. The number of esters is 2. The van der Waals surface area contributed by atoms with Crippen molar-refractivity contribution in [2.45, 2.75) is 26.2 Å². The van der Waals surface area contributed by atoms with Crippen molar-refractivity contribution in [3.8, 4) is 0 Å². The minimum absolute atomic E-state index is 0.376. The summed E-state index contributed by atoms with van der Waals surface area (Å²) in [6, 6.07) is 9.13. The Morgan fingerprint density at radius 1 is 1.15 bits per heavy atom. The number of carboxylic acid groups (broad SMARTS) is 1. The van der Waals surface area contributed by atoms with Gasteiger partial charge in [0.05, 0.1) is 17.8 Å². The van der Waals surface area contributed by atoms with Gasteiger partial charge in [0, 0.05) is 13.0 Å². The molecule has 1 aromatic carbocycles. The van der Waals surface area contributed by atoms with Gasteiger partial charge in [-0.05, 0) is 17.9 Å². The zero-order chi connectivity index (χ0) is 19.4. The number of amides is 1. The normalized spacial score (nSPS) is 23.0. The maximum atomic E-state index is 12.4. The number of carbonyl (C=O) groups excluding carboxylic acids is 3. The van der Waals surface area contributed by atoms with Crippen molar-refractivity contribution >= 4 is 23.8 Å². The fraction of sp³-hybridized carbons (Fsp3) is 0.474. The molecule has 26 heavy (non-hydrogen) atoms. The van der Waals surface area contributed by atoms with Crippen LogP contribution >= 0.6 is 0 Å². The molecule has 1 aromatic rings. The highest BCUT2D eigenvalue weighted by atomic mass is 16.6. The average molecular weight is 361 g/mol. The molecule has 0 saturated carbocycles. The van der Waals surface area contributed by atoms with E-state index in [9.17, 15) is 24.3 Å². The van der Waals surface area contributed by atoms with Gasteiger partial charge in [-0.2, -0.15) is 0 Å². The molecular formula is C19H23NO6. The van der Waals surface area contributed by atoms with Crippen LogP contribution in [0, 0.1) is 23.7 Å². The van der Waals surface area contributed by atoms with Crippen LogP contribution in [0.1, 0.15) is 31.7 Å². The molecule has 0 bridgehead atoms. The molecule has 0 aromatic heterocycles. The molecule has 1 heterocycles. The van der Waals surface area contributed by atoms with E-state index in [-0.39, 0.29) is 5.92 Å². The Labute approximate surface area is 151 Å². The number of ether oxygens (including phenoxy) is 1. The van der Waals surface area contributed by atoms with Gasteiger partial charge in [0.1, 0.15) is 0 Å². The first-order valence-corrected chi connectivity index (χ1v) is 8.58. The lowest BCUT2D eigenvalue weighted by Crippen LogP contribution is -2.43. The Kier molecular flexibility index (Phi) is 6.13. The van der Waals surface area contributed by atoms with Gasteiger partial charge in [0.25, 0.3) is 0 Å². The third kappa shape index (κ3) is 3.61. The summed E-state index contributed by atoms with van der Waals surface area (Å²) in [6.07, 6.45) is 0.522. The molecule has 5 unspecified atom stereocenters. The molecule has 1 amide bonds. The second-order valence-electron chi connectivity index (χ2n) is 6.48. The van der Waals surface area contributed by atoms with Gasteiger partial charge in [0.15, 0.2) is 0 Å². The van der Waals surface area contributed by atoms with Crippen molar-refractivity contribution in [3.05, 3.63) is 35.9 Å². The van der Waals surface area contributed by atoms with Gasteiger partial charge in [-0.15, -0.1) is 0 Å². The highest BCUT2D eigenvalue weighted by molar-refractivity contribution is 6.00. The van der Waals surface area contributed by atoms with Crippen LogP contribution in [0.2, 0.25) is 0 Å². The number of aliphatic carboxylic acids is 1. The fourth-order valence-electron chi connectivity index (χ4n) is 3.78. The van der Waals surface area contributed by atoms with Crippen LogP contribution < -0.4 is 5.32 Å². The molecule has 0 radical (unpaired) electrons. The standard InChI is InChI=1S/C19H23NO6/c1-4-12(11-8-6-5-7-9-11)14-15(19(25)26-18(14)24)13(17(22)23)10(2)16(21)20-3/h5-10,12-15H,4H2,1-3H3,(H,20,21)(H,22,23). The first-order valence-electron chi connectivity index (χ1n) is 8.58. The summed E-state index contributed by atoms with van der Waals surface area (Å²) >= 11 is 0. The van der Waals surface area contributed by atoms with E-state index in [4.69, 9.17) is 4.74 Å². The molecule has 1 aliphatic rings. The summed E-state index contributed by atoms with van der Waals surface area (Å²) < 4.78 is 4.81. The van der Waals surface area contributed by atoms with E-state index in [0.29, 0.717) is 6.42 Å². The van der Waals surface area contributed by atoms with Gasteiger partial charge in [-0.25, -0.2) is 0 Å². The number of hydrogen-bond acceptors (Lipinski definition) is 5. The Morgan fingerprint density at radius 2 is 1.73 bits per heavy atom. The predicted molar refractivity (Wildman–Crippen MR) is 91.9 cm³/mol. The van der Waals surface area contributed by atoms with Crippen molar-refractivity contribution in [3.63, 3.8) is 0 Å². The summed E-state index contributed by atoms with van der Waals surface area (Å²) in [6.45, 7) is 3.30. The van der Waals surface area contributed by atoms with E-state index < -0.39 is 47.5 Å². The zero-order valence-electron chi connectivity index (χ0n) is 15.0. The zero-order valence-corrected chi connectivity index (χ0v) is 15.0. The van der Waals surface area contributed by atoms with Crippen LogP contribution in [0.3, 0.4) is 0 Å². The van der Waals surface area contributed by atoms with Crippen LogP contribution in [0.25, 0.3) is 0 Å². The fourth-order valence-corrected chi connectivity index (χ4v) is 3.78. The second-order valence-corrected chi connectivity index (χ2v) is 6.48. The minimum atomic E-state index is -1.35. The number of benzene rings is 1. The molecule has 7 nitrogen and oxygen atoms in total. The van der Waals surface area contributed by atoms with Crippen LogP contribution in [0.5, 0.6) is 0 Å². The number of carboxylic acids is 1. The van der Waals surface area contributed by atoms with Crippen molar-refractivity contribution < 1.29 is 29.0 Å². The molecule has 0 aliphatic carbocycles. The molecule has 2 rings (SSSR count). The molecule has 2 N–H and O–H groups in total. The lowest BCUT2D eigenvalue weighted by Gasteiger charge is -2.29. The third-order valence-corrected chi connectivity index (χ3v) is 5.10. The van der Waals surface area contributed by atoms with Gasteiger partial charge in [-0.3, -0.25) is 19.2 Å². The molecular weight excluding hydrogens is 338 g/mol. The summed E-state index contributed by atoms with van der Waals surface area (Å²) in [4.78, 5) is 48.7. The molecule has 140 valence electrons. The van der Waals surface area contributed by atoms with E-state index in [1.54, 1.807) is 0 Å². The lowest BCUT2D eigenvalue weighted by molar-refractivity contribution is -0.158. The largest absolute Gasteiger partial charge is 0.481 e. The Morgan fingerprint density at radius 3 is 2.23 bits per heavy atom. The minimum Gasteiger partial charge on any atom is -0.481 e. The number of nitrogens with one attached hydrogen (secondary N) is 1. The average Bonchev–Trinajstić information content (AvgIpc) is 2.90. The summed E-state index contributed by atoms with van der Waals surface area (Å²) in [5.74, 6) is -8.28. The highest BCUT2D eigenvalue weighted by Crippen LogP contribution is 2.43. The van der Waals surface area contributed by atoms with Crippen molar-refractivity contribution in [1.29, 1.82) is 0 Å². The van der Waals surface area contributed by atoms with Crippen molar-refractivity contribution in [2.24, 2.45) is 23.7 Å². The van der Waals surface area contributed by atoms with Gasteiger partial charge in [0.2, 0.25) is 5.91 Å². The smallest absolute Gasteiger partial charge is 0.318 e. The Balaban J connectivity index is 2.48.